The summed E-state index contributed by atoms with van der Waals surface area (Å²) in [5.41, 5.74) is 1.76. The Morgan fingerprint density at radius 1 is 1.11 bits per heavy atom. The zero-order valence-electron chi connectivity index (χ0n) is 9.65. The van der Waals surface area contributed by atoms with Gasteiger partial charge < -0.3 is 4.57 Å². The predicted molar refractivity (Wildman–Crippen MR) is 69.3 cm³/mol. The van der Waals surface area contributed by atoms with Crippen molar-refractivity contribution in [1.29, 1.82) is 0 Å². The molecule has 0 saturated heterocycles. The van der Waals surface area contributed by atoms with E-state index in [0.717, 1.165) is 11.1 Å². The van der Waals surface area contributed by atoms with Crippen molar-refractivity contribution in [2.24, 2.45) is 0 Å². The number of fused-ring (bicyclic) bond motifs is 1. The average Bonchev–Trinajstić information content (AvgIpc) is 2.44. The lowest BCUT2D eigenvalue weighted by atomic mass is 10.2. The average molecular weight is 237 g/mol. The standard InChI is InChI=1S/C14H11N3O/c18-14-12-6-7-15-8-13(12)17(10-16-14)9-11-4-2-1-3-5-11/h1-8,10H,9H2. The Hall–Kier alpha value is -2.49. The van der Waals surface area contributed by atoms with Gasteiger partial charge in [0.25, 0.3) is 5.56 Å². The lowest BCUT2D eigenvalue weighted by Crippen LogP contribution is -2.13. The Morgan fingerprint density at radius 2 is 1.94 bits per heavy atom. The summed E-state index contributed by atoms with van der Waals surface area (Å²) >= 11 is 0. The first kappa shape index (κ1) is 10.7. The van der Waals surface area contributed by atoms with Crippen molar-refractivity contribution < 1.29 is 0 Å². The number of rotatable bonds is 2. The van der Waals surface area contributed by atoms with Crippen LogP contribution in [-0.2, 0) is 6.54 Å². The van der Waals surface area contributed by atoms with Gasteiger partial charge in [0.1, 0.15) is 0 Å². The highest BCUT2D eigenvalue weighted by atomic mass is 16.1. The predicted octanol–water partition coefficient (Wildman–Crippen LogP) is 1.84. The Balaban J connectivity index is 2.13. The van der Waals surface area contributed by atoms with Gasteiger partial charge in [0, 0.05) is 12.7 Å². The molecular weight excluding hydrogens is 226 g/mol. The molecule has 0 amide bonds. The molecule has 0 aliphatic rings. The smallest absolute Gasteiger partial charge is 0.280 e. The molecule has 2 heterocycles. The van der Waals surface area contributed by atoms with E-state index in [1.165, 1.54) is 0 Å². The van der Waals surface area contributed by atoms with Crippen molar-refractivity contribution in [3.05, 3.63) is 71.0 Å². The van der Waals surface area contributed by atoms with Gasteiger partial charge in [-0.05, 0) is 11.6 Å². The van der Waals surface area contributed by atoms with E-state index in [1.54, 1.807) is 24.8 Å². The van der Waals surface area contributed by atoms with Crippen molar-refractivity contribution in [1.82, 2.24) is 14.5 Å². The molecule has 0 unspecified atom stereocenters. The molecule has 0 aliphatic carbocycles. The van der Waals surface area contributed by atoms with E-state index in [1.807, 2.05) is 34.9 Å². The van der Waals surface area contributed by atoms with E-state index in [2.05, 4.69) is 9.97 Å². The third-order valence-corrected chi connectivity index (χ3v) is 2.85. The van der Waals surface area contributed by atoms with E-state index < -0.39 is 0 Å². The van der Waals surface area contributed by atoms with E-state index in [9.17, 15) is 4.79 Å². The topological polar surface area (TPSA) is 47.8 Å². The fraction of sp³-hybridized carbons (Fsp3) is 0.0714. The maximum Gasteiger partial charge on any atom is 0.280 e. The third kappa shape index (κ3) is 1.88. The molecule has 0 spiro atoms. The molecule has 0 radical (unpaired) electrons. The van der Waals surface area contributed by atoms with Crippen molar-refractivity contribution in [2.75, 3.05) is 0 Å². The summed E-state index contributed by atoms with van der Waals surface area (Å²) in [7, 11) is 0. The molecule has 3 rings (SSSR count). The second-order valence-corrected chi connectivity index (χ2v) is 4.06. The second-order valence-electron chi connectivity index (χ2n) is 4.06. The molecule has 0 aliphatic heterocycles. The van der Waals surface area contributed by atoms with Gasteiger partial charge in [0.05, 0.1) is 23.4 Å². The zero-order chi connectivity index (χ0) is 12.4. The van der Waals surface area contributed by atoms with Crippen LogP contribution in [0.15, 0.2) is 59.9 Å². The Bertz CT molecular complexity index is 735. The highest BCUT2D eigenvalue weighted by molar-refractivity contribution is 5.76. The fourth-order valence-corrected chi connectivity index (χ4v) is 1.96. The van der Waals surface area contributed by atoms with Gasteiger partial charge in [-0.3, -0.25) is 9.78 Å². The van der Waals surface area contributed by atoms with Crippen LogP contribution in [-0.4, -0.2) is 14.5 Å². The van der Waals surface area contributed by atoms with Gasteiger partial charge in [-0.25, -0.2) is 0 Å². The van der Waals surface area contributed by atoms with Gasteiger partial charge >= 0.3 is 0 Å². The monoisotopic (exact) mass is 237 g/mol. The molecule has 1 aromatic carbocycles. The Labute approximate surface area is 104 Å². The summed E-state index contributed by atoms with van der Waals surface area (Å²) in [5.74, 6) is 0. The Morgan fingerprint density at radius 3 is 2.78 bits per heavy atom. The molecule has 18 heavy (non-hydrogen) atoms. The van der Waals surface area contributed by atoms with E-state index >= 15 is 0 Å². The molecule has 0 saturated carbocycles. The molecule has 4 nitrogen and oxygen atoms in total. The van der Waals surface area contributed by atoms with Crippen molar-refractivity contribution in [3.63, 3.8) is 0 Å². The number of aromatic nitrogens is 3. The summed E-state index contributed by atoms with van der Waals surface area (Å²) in [6.07, 6.45) is 4.87. The minimum Gasteiger partial charge on any atom is -0.326 e. The molecular formula is C14H11N3O. The van der Waals surface area contributed by atoms with Crippen LogP contribution >= 0.6 is 0 Å². The van der Waals surface area contributed by atoms with Gasteiger partial charge in [-0.2, -0.15) is 4.98 Å². The van der Waals surface area contributed by atoms with Gasteiger partial charge in [-0.1, -0.05) is 30.3 Å². The van der Waals surface area contributed by atoms with E-state index in [4.69, 9.17) is 0 Å². The maximum atomic E-state index is 11.6. The lowest BCUT2D eigenvalue weighted by Gasteiger charge is -2.09. The number of hydrogen-bond acceptors (Lipinski definition) is 3. The quantitative estimate of drug-likeness (QED) is 0.683. The summed E-state index contributed by atoms with van der Waals surface area (Å²) in [6, 6.07) is 11.7. The van der Waals surface area contributed by atoms with Crippen LogP contribution in [0.3, 0.4) is 0 Å². The van der Waals surface area contributed by atoms with Gasteiger partial charge in [-0.15, -0.1) is 0 Å². The minimum atomic E-state index is -0.211. The molecule has 0 atom stereocenters. The third-order valence-electron chi connectivity index (χ3n) is 2.85. The number of nitrogens with zero attached hydrogens (tertiary/aromatic N) is 3. The first-order chi connectivity index (χ1) is 8.84. The fourth-order valence-electron chi connectivity index (χ4n) is 1.96. The van der Waals surface area contributed by atoms with Crippen LogP contribution in [0.5, 0.6) is 0 Å². The number of hydrogen-bond donors (Lipinski definition) is 0. The highest BCUT2D eigenvalue weighted by Crippen LogP contribution is 2.09. The van der Waals surface area contributed by atoms with Crippen molar-refractivity contribution >= 4 is 10.9 Å². The second kappa shape index (κ2) is 4.41. The van der Waals surface area contributed by atoms with Crippen LogP contribution in [0.4, 0.5) is 0 Å². The van der Waals surface area contributed by atoms with Crippen molar-refractivity contribution in [3.8, 4) is 0 Å². The van der Waals surface area contributed by atoms with Gasteiger partial charge in [0.2, 0.25) is 0 Å². The molecule has 4 heteroatoms. The minimum absolute atomic E-state index is 0.211. The zero-order valence-corrected chi connectivity index (χ0v) is 9.65. The molecule has 0 bridgehead atoms. The summed E-state index contributed by atoms with van der Waals surface area (Å²) in [6.45, 7) is 0.677. The number of benzene rings is 1. The first-order valence-electron chi connectivity index (χ1n) is 5.68. The molecule has 3 aromatic rings. The SMILES string of the molecule is O=c1ncn(Cc2ccccc2)c2cnccc12. The van der Waals surface area contributed by atoms with Crippen LogP contribution in [0.2, 0.25) is 0 Å². The lowest BCUT2D eigenvalue weighted by molar-refractivity contribution is 0.796. The van der Waals surface area contributed by atoms with Crippen LogP contribution in [0.1, 0.15) is 5.56 Å². The van der Waals surface area contributed by atoms with Crippen LogP contribution < -0.4 is 5.56 Å². The van der Waals surface area contributed by atoms with E-state index in [0.29, 0.717) is 11.9 Å². The van der Waals surface area contributed by atoms with Crippen LogP contribution in [0, 0.1) is 0 Å². The first-order valence-corrected chi connectivity index (χ1v) is 5.68. The summed E-state index contributed by atoms with van der Waals surface area (Å²) < 4.78 is 1.93. The van der Waals surface area contributed by atoms with E-state index in [-0.39, 0.29) is 5.56 Å². The molecule has 0 fully saturated rings. The highest BCUT2D eigenvalue weighted by Gasteiger charge is 2.03. The molecule has 2 aromatic heterocycles. The number of pyridine rings is 1. The Kier molecular flexibility index (Phi) is 2.61. The normalized spacial score (nSPS) is 10.7. The summed E-state index contributed by atoms with van der Waals surface area (Å²) in [4.78, 5) is 19.6. The van der Waals surface area contributed by atoms with Gasteiger partial charge in [0.15, 0.2) is 0 Å². The summed E-state index contributed by atoms with van der Waals surface area (Å²) in [5, 5.41) is 0.600. The largest absolute Gasteiger partial charge is 0.326 e. The molecule has 88 valence electrons. The maximum absolute atomic E-state index is 11.6. The van der Waals surface area contributed by atoms with Crippen molar-refractivity contribution in [2.45, 2.75) is 6.54 Å². The molecule has 0 N–H and O–H groups in total. The van der Waals surface area contributed by atoms with Crippen LogP contribution in [0.25, 0.3) is 10.9 Å².